The molecule has 0 radical (unpaired) electrons. The topological polar surface area (TPSA) is 173 Å². The maximum absolute atomic E-state index is 12.1. The first kappa shape index (κ1) is 58.3. The van der Waals surface area contributed by atoms with Gasteiger partial charge in [-0.3, -0.25) is 4.55 Å². The van der Waals surface area contributed by atoms with E-state index in [1.807, 2.05) is 0 Å². The van der Waals surface area contributed by atoms with Gasteiger partial charge < -0.3 is 24.2 Å². The monoisotopic (exact) mass is 962 g/mol. The summed E-state index contributed by atoms with van der Waals surface area (Å²) in [7, 11) is -9.13. The quantitative estimate of drug-likeness (QED) is 0.0272. The van der Waals surface area contributed by atoms with Crippen LogP contribution in [0.2, 0.25) is 0 Å². The number of phenolic OH excluding ortho intramolecular Hbond substituents is 1. The van der Waals surface area contributed by atoms with Crippen LogP contribution < -0.4 is 14.6 Å². The van der Waals surface area contributed by atoms with Crippen LogP contribution in [0.3, 0.4) is 0 Å². The molecule has 0 bridgehead atoms. The Morgan fingerprint density at radius 1 is 0.462 bits per heavy atom. The van der Waals surface area contributed by atoms with Crippen molar-refractivity contribution in [2.75, 3.05) is 0 Å². The Hall–Kier alpha value is -2.84. The molecule has 0 amide bonds. The van der Waals surface area contributed by atoms with Gasteiger partial charge in [-0.05, 0) is 85.3 Å². The van der Waals surface area contributed by atoms with Gasteiger partial charge in [-0.2, -0.15) is 8.42 Å². The van der Waals surface area contributed by atoms with Crippen LogP contribution in [0.25, 0.3) is 0 Å². The number of aromatic hydroxyl groups is 1. The van der Waals surface area contributed by atoms with E-state index in [-0.39, 0.29) is 70.5 Å². The van der Waals surface area contributed by atoms with Gasteiger partial charge in [0, 0.05) is 0 Å². The number of unbranched alkanes of at least 4 members (excludes halogenated alkanes) is 22. The molecule has 0 heterocycles. The summed E-state index contributed by atoms with van der Waals surface area (Å²) in [6.45, 7) is 4.48. The van der Waals surface area contributed by atoms with Crippen LogP contribution >= 0.6 is 0 Å². The Labute approximate surface area is 421 Å². The summed E-state index contributed by atoms with van der Waals surface area (Å²) in [5.41, 5.74) is 1.06. The molecule has 0 fully saturated rings. The second-order valence-electron chi connectivity index (χ2n) is 16.9. The number of ether oxygens (including phenoxy) is 2. The zero-order chi connectivity index (χ0) is 46.5. The first-order chi connectivity index (χ1) is 30.8. The Morgan fingerprint density at radius 2 is 0.785 bits per heavy atom. The largest absolute Gasteiger partial charge is 2.00 e. The van der Waals surface area contributed by atoms with E-state index in [2.05, 4.69) is 13.8 Å². The van der Waals surface area contributed by atoms with Crippen LogP contribution in [0, 0.1) is 0 Å². The van der Waals surface area contributed by atoms with Gasteiger partial charge in [0.05, 0.1) is 0 Å². The van der Waals surface area contributed by atoms with Crippen molar-refractivity contribution in [2.45, 2.75) is 191 Å². The van der Waals surface area contributed by atoms with Crippen LogP contribution in [0.15, 0.2) is 94.7 Å². The van der Waals surface area contributed by atoms with Crippen molar-refractivity contribution < 1.29 is 45.6 Å². The molecule has 356 valence electrons. The smallest absolute Gasteiger partial charge is 0.872 e. The molecule has 4 rings (SSSR count). The Bertz CT molecular complexity index is 1940. The Balaban J connectivity index is 0.000000440. The molecule has 0 saturated carbocycles. The predicted molar refractivity (Wildman–Crippen MR) is 260 cm³/mol. The number of benzene rings is 4. The third-order valence-electron chi connectivity index (χ3n) is 11.3. The number of hydrogen-bond donors (Lipinski definition) is 2. The van der Waals surface area contributed by atoms with E-state index in [4.69, 9.17) is 9.47 Å². The zero-order valence-corrected chi connectivity index (χ0v) is 43.0. The molecule has 0 spiro atoms. The van der Waals surface area contributed by atoms with Crippen LogP contribution in [0.4, 0.5) is 0 Å². The minimum absolute atomic E-state index is 0. The van der Waals surface area contributed by atoms with Crippen LogP contribution in [0.1, 0.15) is 179 Å². The SMILES string of the molecule is CCCCCCCCCCCCCCc1cccc(Oc2ccc(O)cc2)c1S(=O)(=O)O.CCCCCCCCCCCCCCc1cccc(Oc2ccc([O-])cc2)c1S(=O)(=O)[O-].[Ca+2]. The van der Waals surface area contributed by atoms with Gasteiger partial charge in [0.15, 0.2) is 0 Å². The molecule has 13 heteroatoms. The van der Waals surface area contributed by atoms with E-state index in [1.54, 1.807) is 36.4 Å². The Kier molecular flexibility index (Phi) is 30.1. The first-order valence-corrected chi connectivity index (χ1v) is 26.8. The fraction of sp³-hybridized carbons (Fsp3) is 0.538. The second kappa shape index (κ2) is 33.6. The maximum Gasteiger partial charge on any atom is 2.00 e. The first-order valence-electron chi connectivity index (χ1n) is 23.9. The summed E-state index contributed by atoms with van der Waals surface area (Å²) < 4.78 is 81.1. The van der Waals surface area contributed by atoms with Crippen LogP contribution in [0.5, 0.6) is 34.5 Å². The molecule has 4 aromatic rings. The number of rotatable bonds is 32. The molecule has 0 aromatic heterocycles. The van der Waals surface area contributed by atoms with E-state index < -0.39 is 20.2 Å². The summed E-state index contributed by atoms with van der Waals surface area (Å²) in [6.07, 6.45) is 30.6. The molecule has 0 aliphatic carbocycles. The average molecular weight is 963 g/mol. The number of phenols is 1. The summed E-state index contributed by atoms with van der Waals surface area (Å²) in [6, 6.07) is 21.4. The number of hydrogen-bond acceptors (Lipinski definition) is 9. The van der Waals surface area contributed by atoms with Gasteiger partial charge in [-0.1, -0.05) is 192 Å². The van der Waals surface area contributed by atoms with Crippen molar-refractivity contribution >= 4 is 58.0 Å². The van der Waals surface area contributed by atoms with Crippen LogP contribution in [-0.2, 0) is 33.1 Å². The molecule has 4 aromatic carbocycles. The van der Waals surface area contributed by atoms with E-state index in [0.717, 1.165) is 38.5 Å². The number of aryl methyl sites for hydroxylation is 2. The van der Waals surface area contributed by atoms with E-state index in [0.29, 0.717) is 35.5 Å². The van der Waals surface area contributed by atoms with Gasteiger partial charge in [0.25, 0.3) is 10.1 Å². The molecule has 0 unspecified atom stereocenters. The van der Waals surface area contributed by atoms with Crippen molar-refractivity contribution in [1.82, 2.24) is 0 Å². The molecule has 10 nitrogen and oxygen atoms in total. The summed E-state index contributed by atoms with van der Waals surface area (Å²) in [5.74, 6) is 0.722. The fourth-order valence-corrected chi connectivity index (χ4v) is 9.55. The summed E-state index contributed by atoms with van der Waals surface area (Å²) in [5, 5.41) is 20.6. The maximum atomic E-state index is 12.1. The minimum atomic E-state index is -4.70. The molecule has 2 N–H and O–H groups in total. The van der Waals surface area contributed by atoms with Crippen molar-refractivity contribution in [3.05, 3.63) is 96.1 Å². The van der Waals surface area contributed by atoms with Crippen molar-refractivity contribution in [1.29, 1.82) is 0 Å². The standard InChI is InChI=1S/2C26H38O5S.Ca/c2*1-2-3-4-5-6-7-8-9-10-11-12-13-15-22-16-14-17-25(26(22)32(28,29)30)31-24-20-18-23(27)19-21-24;/h2*14,16-21,27H,2-13,15H2,1H3,(H,28,29,30);/q;;+2/p-2. The van der Waals surface area contributed by atoms with Crippen molar-refractivity contribution in [3.8, 4) is 34.5 Å². The van der Waals surface area contributed by atoms with Gasteiger partial charge in [-0.25, -0.2) is 8.42 Å². The van der Waals surface area contributed by atoms with E-state index in [1.165, 1.54) is 164 Å². The van der Waals surface area contributed by atoms with Gasteiger partial charge in [0.1, 0.15) is 48.7 Å². The van der Waals surface area contributed by atoms with Gasteiger partial charge in [0.2, 0.25) is 0 Å². The van der Waals surface area contributed by atoms with E-state index in [9.17, 15) is 36.2 Å². The molecule has 0 aliphatic heterocycles. The molecule has 0 atom stereocenters. The van der Waals surface area contributed by atoms with E-state index >= 15 is 0 Å². The molecular weight excluding hydrogens is 889 g/mol. The molecule has 65 heavy (non-hydrogen) atoms. The zero-order valence-electron chi connectivity index (χ0n) is 39.2. The Morgan fingerprint density at radius 3 is 1.14 bits per heavy atom. The van der Waals surface area contributed by atoms with Crippen molar-refractivity contribution in [2.24, 2.45) is 0 Å². The third-order valence-corrected chi connectivity index (χ3v) is 13.3. The van der Waals surface area contributed by atoms with Gasteiger partial charge in [-0.15, -0.1) is 5.75 Å². The van der Waals surface area contributed by atoms with Crippen LogP contribution in [-0.4, -0.2) is 68.8 Å². The third kappa shape index (κ3) is 24.7. The average Bonchev–Trinajstić information content (AvgIpc) is 3.25. The fourth-order valence-electron chi connectivity index (χ4n) is 7.84. The molecular formula is C52H74CaO10S2. The van der Waals surface area contributed by atoms with Gasteiger partial charge >= 0.3 is 37.7 Å². The summed E-state index contributed by atoms with van der Waals surface area (Å²) >= 11 is 0. The normalized spacial score (nSPS) is 11.4. The predicted octanol–water partition coefficient (Wildman–Crippen LogP) is 14.0. The second-order valence-corrected chi connectivity index (χ2v) is 19.5. The summed E-state index contributed by atoms with van der Waals surface area (Å²) in [4.78, 5) is -0.467. The molecule has 0 saturated heterocycles. The van der Waals surface area contributed by atoms with Crippen molar-refractivity contribution in [3.63, 3.8) is 0 Å². The molecule has 0 aliphatic rings. The minimum Gasteiger partial charge on any atom is -0.872 e.